The molecule has 0 aliphatic carbocycles. The Kier molecular flexibility index (Phi) is 3.84. The minimum atomic E-state index is -0.475. The number of carbonyl (C=O) groups is 1. The lowest BCUT2D eigenvalue weighted by molar-refractivity contribution is 0.100. The first-order chi connectivity index (χ1) is 8.58. The fraction of sp³-hybridized carbons (Fsp3) is 0.167. The summed E-state index contributed by atoms with van der Waals surface area (Å²) < 4.78 is 0. The average Bonchev–Trinajstić information content (AvgIpc) is 2.85. The largest absolute Gasteiger partial charge is 0.375 e. The molecule has 18 heavy (non-hydrogen) atoms. The van der Waals surface area contributed by atoms with Gasteiger partial charge in [0.25, 0.3) is 0 Å². The third kappa shape index (κ3) is 2.80. The van der Waals surface area contributed by atoms with Gasteiger partial charge in [-0.15, -0.1) is 11.3 Å². The summed E-state index contributed by atoms with van der Waals surface area (Å²) in [6.07, 6.45) is 1.75. The molecule has 1 atom stereocenters. The second-order valence-electron chi connectivity index (χ2n) is 3.80. The van der Waals surface area contributed by atoms with Gasteiger partial charge in [0.1, 0.15) is 5.01 Å². The maximum absolute atomic E-state index is 11.1. The summed E-state index contributed by atoms with van der Waals surface area (Å²) in [6.45, 7) is 1.98. The van der Waals surface area contributed by atoms with E-state index in [0.29, 0.717) is 16.3 Å². The predicted molar refractivity (Wildman–Crippen MR) is 74.1 cm³/mol. The molecule has 0 fully saturated rings. The van der Waals surface area contributed by atoms with Crippen molar-refractivity contribution in [1.82, 2.24) is 4.98 Å². The van der Waals surface area contributed by atoms with E-state index in [1.807, 2.05) is 12.3 Å². The third-order valence-corrected chi connectivity index (χ3v) is 3.73. The van der Waals surface area contributed by atoms with Crippen molar-refractivity contribution in [3.63, 3.8) is 0 Å². The van der Waals surface area contributed by atoms with Crippen molar-refractivity contribution < 1.29 is 4.79 Å². The number of thiazole rings is 1. The molecule has 0 saturated heterocycles. The lowest BCUT2D eigenvalue weighted by Crippen LogP contribution is -2.12. The Labute approximate surface area is 114 Å². The molecule has 2 aromatic rings. The molecule has 0 radical (unpaired) electrons. The van der Waals surface area contributed by atoms with Crippen LogP contribution in [0.5, 0.6) is 0 Å². The Balaban J connectivity index is 2.23. The Morgan fingerprint density at radius 2 is 2.33 bits per heavy atom. The van der Waals surface area contributed by atoms with Crippen LogP contribution in [-0.2, 0) is 0 Å². The third-order valence-electron chi connectivity index (χ3n) is 2.44. The van der Waals surface area contributed by atoms with Gasteiger partial charge in [-0.3, -0.25) is 4.79 Å². The van der Waals surface area contributed by atoms with E-state index in [-0.39, 0.29) is 6.04 Å². The number of hydrogen-bond acceptors (Lipinski definition) is 4. The Hall–Kier alpha value is -1.59. The lowest BCUT2D eigenvalue weighted by atomic mass is 10.2. The highest BCUT2D eigenvalue weighted by Gasteiger charge is 2.11. The van der Waals surface area contributed by atoms with E-state index >= 15 is 0 Å². The number of carbonyl (C=O) groups excluding carboxylic acids is 1. The van der Waals surface area contributed by atoms with Crippen LogP contribution in [0.2, 0.25) is 5.02 Å². The van der Waals surface area contributed by atoms with E-state index in [2.05, 4.69) is 10.3 Å². The first kappa shape index (κ1) is 12.9. The number of aromatic nitrogens is 1. The number of rotatable bonds is 4. The van der Waals surface area contributed by atoms with Gasteiger partial charge < -0.3 is 11.1 Å². The molecule has 1 unspecified atom stereocenters. The minimum Gasteiger partial charge on any atom is -0.375 e. The van der Waals surface area contributed by atoms with Gasteiger partial charge in [0.2, 0.25) is 5.91 Å². The van der Waals surface area contributed by atoms with Gasteiger partial charge in [-0.25, -0.2) is 4.98 Å². The standard InChI is InChI=1S/C12H12ClN3OS/c1-7(12-15-4-5-18-12)16-10-6-8(11(14)17)2-3-9(10)13/h2-7,16H,1H3,(H2,14,17). The molecule has 1 heterocycles. The summed E-state index contributed by atoms with van der Waals surface area (Å²) in [6, 6.07) is 4.92. The molecule has 4 nitrogen and oxygen atoms in total. The molecule has 6 heteroatoms. The van der Waals surface area contributed by atoms with Crippen molar-refractivity contribution in [2.24, 2.45) is 5.73 Å². The molecule has 2 rings (SSSR count). The highest BCUT2D eigenvalue weighted by molar-refractivity contribution is 7.09. The second-order valence-corrected chi connectivity index (χ2v) is 5.13. The first-order valence-electron chi connectivity index (χ1n) is 5.33. The molecular formula is C12H12ClN3OS. The van der Waals surface area contributed by atoms with Crippen LogP contribution in [0.3, 0.4) is 0 Å². The Bertz CT molecular complexity index is 556. The normalized spacial score (nSPS) is 12.1. The Morgan fingerprint density at radius 1 is 1.56 bits per heavy atom. The maximum atomic E-state index is 11.1. The van der Waals surface area contributed by atoms with E-state index in [9.17, 15) is 4.79 Å². The van der Waals surface area contributed by atoms with Crippen molar-refractivity contribution in [2.75, 3.05) is 5.32 Å². The maximum Gasteiger partial charge on any atom is 0.248 e. The number of nitrogens with one attached hydrogen (secondary N) is 1. The first-order valence-corrected chi connectivity index (χ1v) is 6.59. The molecule has 0 bridgehead atoms. The summed E-state index contributed by atoms with van der Waals surface area (Å²) in [4.78, 5) is 15.3. The van der Waals surface area contributed by atoms with Gasteiger partial charge in [-0.1, -0.05) is 11.6 Å². The predicted octanol–water partition coefficient (Wildman–Crippen LogP) is 3.07. The highest BCUT2D eigenvalue weighted by Crippen LogP contribution is 2.27. The molecule has 1 aromatic heterocycles. The number of benzene rings is 1. The summed E-state index contributed by atoms with van der Waals surface area (Å²) in [7, 11) is 0. The number of amides is 1. The topological polar surface area (TPSA) is 68.0 Å². The zero-order valence-electron chi connectivity index (χ0n) is 9.68. The molecule has 1 amide bonds. The van der Waals surface area contributed by atoms with Crippen molar-refractivity contribution in [1.29, 1.82) is 0 Å². The zero-order chi connectivity index (χ0) is 13.1. The second kappa shape index (κ2) is 5.37. The lowest BCUT2D eigenvalue weighted by Gasteiger charge is -2.14. The average molecular weight is 282 g/mol. The molecule has 3 N–H and O–H groups in total. The molecular weight excluding hydrogens is 270 g/mol. The summed E-state index contributed by atoms with van der Waals surface area (Å²) in [5.41, 5.74) is 6.34. The fourth-order valence-electron chi connectivity index (χ4n) is 1.53. The quantitative estimate of drug-likeness (QED) is 0.905. The number of primary amides is 1. The fourth-order valence-corrected chi connectivity index (χ4v) is 2.35. The van der Waals surface area contributed by atoms with E-state index < -0.39 is 5.91 Å². The number of nitrogens with zero attached hydrogens (tertiary/aromatic N) is 1. The van der Waals surface area contributed by atoms with Gasteiger partial charge in [0.15, 0.2) is 0 Å². The SMILES string of the molecule is CC(Nc1cc(C(N)=O)ccc1Cl)c1nccs1. The molecule has 0 aliphatic heterocycles. The minimum absolute atomic E-state index is 0.0191. The highest BCUT2D eigenvalue weighted by atomic mass is 35.5. The summed E-state index contributed by atoms with van der Waals surface area (Å²) >= 11 is 7.63. The van der Waals surface area contributed by atoms with Crippen LogP contribution < -0.4 is 11.1 Å². The number of halogens is 1. The number of nitrogens with two attached hydrogens (primary N) is 1. The van der Waals surface area contributed by atoms with Crippen molar-refractivity contribution in [3.8, 4) is 0 Å². The van der Waals surface area contributed by atoms with E-state index in [0.717, 1.165) is 5.01 Å². The van der Waals surface area contributed by atoms with E-state index in [4.69, 9.17) is 17.3 Å². The van der Waals surface area contributed by atoms with E-state index in [1.165, 1.54) is 0 Å². The van der Waals surface area contributed by atoms with E-state index in [1.54, 1.807) is 35.7 Å². The van der Waals surface area contributed by atoms with Crippen LogP contribution in [0.1, 0.15) is 28.3 Å². The van der Waals surface area contributed by atoms with Crippen LogP contribution in [0.4, 0.5) is 5.69 Å². The van der Waals surface area contributed by atoms with Gasteiger partial charge in [0, 0.05) is 17.1 Å². The van der Waals surface area contributed by atoms with Gasteiger partial charge in [-0.05, 0) is 25.1 Å². The van der Waals surface area contributed by atoms with Crippen LogP contribution in [0.25, 0.3) is 0 Å². The molecule has 94 valence electrons. The summed E-state index contributed by atoms with van der Waals surface area (Å²) in [5.74, 6) is -0.475. The number of anilines is 1. The van der Waals surface area contributed by atoms with Crippen molar-refractivity contribution in [2.45, 2.75) is 13.0 Å². The van der Waals surface area contributed by atoms with Crippen molar-refractivity contribution >= 4 is 34.5 Å². The monoisotopic (exact) mass is 281 g/mol. The van der Waals surface area contributed by atoms with Crippen LogP contribution in [0, 0.1) is 0 Å². The van der Waals surface area contributed by atoms with Gasteiger partial charge in [-0.2, -0.15) is 0 Å². The van der Waals surface area contributed by atoms with Crippen LogP contribution in [0.15, 0.2) is 29.8 Å². The molecule has 0 spiro atoms. The number of hydrogen-bond donors (Lipinski definition) is 2. The zero-order valence-corrected chi connectivity index (χ0v) is 11.3. The Morgan fingerprint density at radius 3 is 2.94 bits per heavy atom. The van der Waals surface area contributed by atoms with Gasteiger partial charge >= 0.3 is 0 Å². The van der Waals surface area contributed by atoms with Gasteiger partial charge in [0.05, 0.1) is 16.8 Å². The molecule has 0 aliphatic rings. The molecule has 0 saturated carbocycles. The van der Waals surface area contributed by atoms with Crippen LogP contribution >= 0.6 is 22.9 Å². The van der Waals surface area contributed by atoms with Crippen molar-refractivity contribution in [3.05, 3.63) is 45.4 Å². The summed E-state index contributed by atoms with van der Waals surface area (Å²) in [5, 5.41) is 6.63. The van der Waals surface area contributed by atoms with Crippen LogP contribution in [-0.4, -0.2) is 10.9 Å². The smallest absolute Gasteiger partial charge is 0.248 e. The molecule has 1 aromatic carbocycles.